The Balaban J connectivity index is 3.00. The Bertz CT molecular complexity index is 452. The predicted octanol–water partition coefficient (Wildman–Crippen LogP) is 2.08. The molecule has 0 aliphatic carbocycles. The molecule has 3 nitrogen and oxygen atoms in total. The zero-order valence-electron chi connectivity index (χ0n) is 9.37. The fourth-order valence-electron chi connectivity index (χ4n) is 1.08. The summed E-state index contributed by atoms with van der Waals surface area (Å²) in [4.78, 5) is 10.8. The number of aliphatic carboxylic acids is 1. The molecule has 0 heterocycles. The van der Waals surface area contributed by atoms with E-state index in [0.29, 0.717) is 0 Å². The van der Waals surface area contributed by atoms with Gasteiger partial charge in [0.1, 0.15) is 16.4 Å². The summed E-state index contributed by atoms with van der Waals surface area (Å²) < 4.78 is 36.8. The van der Waals surface area contributed by atoms with E-state index in [-0.39, 0.29) is 5.56 Å². The maximum Gasteiger partial charge on any atom is 0.321 e. The lowest BCUT2D eigenvalue weighted by atomic mass is 10.2. The number of carboxylic acid groups (broad SMARTS) is 1. The Hall–Kier alpha value is -1.30. The van der Waals surface area contributed by atoms with Gasteiger partial charge in [-0.25, -0.2) is 8.78 Å². The smallest absolute Gasteiger partial charge is 0.321 e. The molecule has 0 aromatic heterocycles. The monoisotopic (exact) mass is 262 g/mol. The van der Waals surface area contributed by atoms with E-state index in [4.69, 9.17) is 5.11 Å². The fraction of sp³-hybridized carbons (Fsp3) is 0.364. The zero-order valence-corrected chi connectivity index (χ0v) is 10.2. The van der Waals surface area contributed by atoms with Crippen LogP contribution in [0.15, 0.2) is 18.2 Å². The summed E-state index contributed by atoms with van der Waals surface area (Å²) >= 11 is 0. The molecule has 1 aromatic rings. The minimum atomic E-state index is -1.91. The van der Waals surface area contributed by atoms with E-state index in [1.807, 2.05) is 0 Å². The Morgan fingerprint density at radius 1 is 1.35 bits per heavy atom. The highest BCUT2D eigenvalue weighted by molar-refractivity contribution is 7.86. The van der Waals surface area contributed by atoms with E-state index in [0.717, 1.165) is 12.1 Å². The molecule has 0 bridgehead atoms. The number of carbonyl (C=O) groups is 1. The second kappa shape index (κ2) is 4.91. The standard InChI is InChI=1S/C11H12F2O3S/c1-11(2,10(14)15)17(16)6-7-8(12)4-3-5-9(7)13/h3-5H,6H2,1-2H3,(H,14,15). The molecule has 0 radical (unpaired) electrons. The summed E-state index contributed by atoms with van der Waals surface area (Å²) in [6, 6.07) is 3.28. The largest absolute Gasteiger partial charge is 0.480 e. The van der Waals surface area contributed by atoms with E-state index in [1.165, 1.54) is 19.9 Å². The van der Waals surface area contributed by atoms with Crippen LogP contribution in [0.1, 0.15) is 19.4 Å². The lowest BCUT2D eigenvalue weighted by Crippen LogP contribution is -2.37. The highest BCUT2D eigenvalue weighted by Gasteiger charge is 2.35. The number of hydrogen-bond acceptors (Lipinski definition) is 2. The van der Waals surface area contributed by atoms with Crippen LogP contribution in [0.4, 0.5) is 8.78 Å². The average Bonchev–Trinajstić information content (AvgIpc) is 2.23. The zero-order chi connectivity index (χ0) is 13.2. The van der Waals surface area contributed by atoms with E-state index in [1.54, 1.807) is 0 Å². The lowest BCUT2D eigenvalue weighted by molar-refractivity contribution is -0.139. The van der Waals surface area contributed by atoms with Crippen LogP contribution in [0.2, 0.25) is 0 Å². The van der Waals surface area contributed by atoms with Crippen molar-refractivity contribution in [2.75, 3.05) is 0 Å². The Kier molecular flexibility index (Phi) is 3.98. The topological polar surface area (TPSA) is 54.4 Å². The van der Waals surface area contributed by atoms with Crippen molar-refractivity contribution >= 4 is 16.8 Å². The van der Waals surface area contributed by atoms with Gasteiger partial charge in [-0.2, -0.15) is 0 Å². The fourth-order valence-corrected chi connectivity index (χ4v) is 2.17. The molecule has 0 fully saturated rings. The highest BCUT2D eigenvalue weighted by atomic mass is 32.2. The van der Waals surface area contributed by atoms with Crippen LogP contribution in [0.25, 0.3) is 0 Å². The molecule has 0 amide bonds. The van der Waals surface area contributed by atoms with Crippen LogP contribution in [0.5, 0.6) is 0 Å². The number of benzene rings is 1. The molecule has 94 valence electrons. The normalized spacial score (nSPS) is 13.4. The van der Waals surface area contributed by atoms with Gasteiger partial charge < -0.3 is 5.11 Å². The lowest BCUT2D eigenvalue weighted by Gasteiger charge is -2.18. The first-order valence-electron chi connectivity index (χ1n) is 4.81. The van der Waals surface area contributed by atoms with Crippen LogP contribution in [0.3, 0.4) is 0 Å². The molecule has 1 rings (SSSR count). The van der Waals surface area contributed by atoms with Gasteiger partial charge in [0.05, 0.1) is 5.75 Å². The highest BCUT2D eigenvalue weighted by Crippen LogP contribution is 2.21. The van der Waals surface area contributed by atoms with Gasteiger partial charge in [-0.05, 0) is 26.0 Å². The summed E-state index contributed by atoms with van der Waals surface area (Å²) in [5.41, 5.74) is -0.347. The summed E-state index contributed by atoms with van der Waals surface area (Å²) in [5, 5.41) is 8.85. The van der Waals surface area contributed by atoms with Crippen molar-refractivity contribution in [3.8, 4) is 0 Å². The van der Waals surface area contributed by atoms with Gasteiger partial charge in [-0.3, -0.25) is 9.00 Å². The van der Waals surface area contributed by atoms with Crippen molar-refractivity contribution < 1.29 is 22.9 Å². The second-order valence-electron chi connectivity index (χ2n) is 4.01. The van der Waals surface area contributed by atoms with Gasteiger partial charge in [-0.1, -0.05) is 6.07 Å². The van der Waals surface area contributed by atoms with Crippen LogP contribution >= 0.6 is 0 Å². The Labute approximate surface area is 99.9 Å². The molecule has 6 heteroatoms. The van der Waals surface area contributed by atoms with Crippen molar-refractivity contribution in [3.63, 3.8) is 0 Å². The maximum absolute atomic E-state index is 13.3. The van der Waals surface area contributed by atoms with Crippen LogP contribution < -0.4 is 0 Å². The molecule has 0 saturated carbocycles. The number of halogens is 2. The molecule has 0 saturated heterocycles. The van der Waals surface area contributed by atoms with Gasteiger partial charge in [0.25, 0.3) is 0 Å². The van der Waals surface area contributed by atoms with Gasteiger partial charge in [-0.15, -0.1) is 0 Å². The van der Waals surface area contributed by atoms with Gasteiger partial charge in [0.2, 0.25) is 0 Å². The number of hydrogen-bond donors (Lipinski definition) is 1. The van der Waals surface area contributed by atoms with Crippen molar-refractivity contribution in [1.29, 1.82) is 0 Å². The molecule has 0 spiro atoms. The van der Waals surface area contributed by atoms with E-state index in [2.05, 4.69) is 0 Å². The Morgan fingerprint density at radius 2 is 1.82 bits per heavy atom. The summed E-state index contributed by atoms with van der Waals surface area (Å²) in [5.74, 6) is -3.37. The molecule has 1 atom stereocenters. The first-order valence-corrected chi connectivity index (χ1v) is 6.13. The molecule has 1 aromatic carbocycles. The first kappa shape index (κ1) is 13.8. The number of rotatable bonds is 4. The molecular formula is C11H12F2O3S. The molecule has 0 aliphatic rings. The van der Waals surface area contributed by atoms with Gasteiger partial charge in [0.15, 0.2) is 0 Å². The van der Waals surface area contributed by atoms with Crippen molar-refractivity contribution in [2.24, 2.45) is 0 Å². The summed E-state index contributed by atoms with van der Waals surface area (Å²) in [7, 11) is -1.91. The Morgan fingerprint density at radius 3 is 2.24 bits per heavy atom. The maximum atomic E-state index is 13.3. The van der Waals surface area contributed by atoms with E-state index < -0.39 is 38.9 Å². The summed E-state index contributed by atoms with van der Waals surface area (Å²) in [6.45, 7) is 2.51. The second-order valence-corrected chi connectivity index (χ2v) is 6.01. The van der Waals surface area contributed by atoms with Crippen molar-refractivity contribution in [3.05, 3.63) is 35.4 Å². The third kappa shape index (κ3) is 2.88. The quantitative estimate of drug-likeness (QED) is 0.903. The number of carboxylic acids is 1. The molecule has 1 unspecified atom stereocenters. The van der Waals surface area contributed by atoms with Gasteiger partial charge in [0, 0.05) is 16.4 Å². The molecular weight excluding hydrogens is 250 g/mol. The van der Waals surface area contributed by atoms with Crippen LogP contribution in [0, 0.1) is 11.6 Å². The summed E-state index contributed by atoms with van der Waals surface area (Å²) in [6.07, 6.45) is 0. The van der Waals surface area contributed by atoms with Crippen molar-refractivity contribution in [1.82, 2.24) is 0 Å². The minimum absolute atomic E-state index is 0.347. The SMILES string of the molecule is CC(C)(C(=O)O)S(=O)Cc1c(F)cccc1F. The third-order valence-corrected chi connectivity index (χ3v) is 4.29. The van der Waals surface area contributed by atoms with Gasteiger partial charge >= 0.3 is 5.97 Å². The van der Waals surface area contributed by atoms with E-state index >= 15 is 0 Å². The average molecular weight is 262 g/mol. The van der Waals surface area contributed by atoms with E-state index in [9.17, 15) is 17.8 Å². The first-order chi connectivity index (χ1) is 7.76. The van der Waals surface area contributed by atoms with Crippen LogP contribution in [-0.2, 0) is 21.3 Å². The third-order valence-electron chi connectivity index (χ3n) is 2.42. The molecule has 17 heavy (non-hydrogen) atoms. The molecule has 1 N–H and O–H groups in total. The predicted molar refractivity (Wildman–Crippen MR) is 59.9 cm³/mol. The van der Waals surface area contributed by atoms with Crippen molar-refractivity contribution in [2.45, 2.75) is 24.3 Å². The minimum Gasteiger partial charge on any atom is -0.480 e. The van der Waals surface area contributed by atoms with Crippen LogP contribution in [-0.4, -0.2) is 20.0 Å². The molecule has 0 aliphatic heterocycles.